The Kier molecular flexibility index (Phi) is 4.42. The van der Waals surface area contributed by atoms with Gasteiger partial charge in [-0.2, -0.15) is 5.10 Å². The molecule has 0 aromatic heterocycles. The second kappa shape index (κ2) is 7.02. The molecule has 26 heavy (non-hydrogen) atoms. The van der Waals surface area contributed by atoms with E-state index >= 15 is 0 Å². The number of nitrogens with zero attached hydrogens (tertiary/aromatic N) is 2. The van der Waals surface area contributed by atoms with Crippen molar-refractivity contribution in [2.45, 2.75) is 0 Å². The second-order valence-electron chi connectivity index (χ2n) is 5.79. The van der Waals surface area contributed by atoms with Gasteiger partial charge in [-0.05, 0) is 42.5 Å². The topological polar surface area (TPSA) is 46.0 Å². The van der Waals surface area contributed by atoms with Crippen molar-refractivity contribution in [3.8, 4) is 5.75 Å². The number of halogens is 1. The summed E-state index contributed by atoms with van der Waals surface area (Å²) in [5.74, 6) is 1.49. The molecular weight excluding hydrogens is 346 g/mol. The third-order valence-corrected chi connectivity index (χ3v) is 4.37. The number of nitrogens with one attached hydrogen (secondary N) is 1. The van der Waals surface area contributed by atoms with Crippen LogP contribution in [0.1, 0.15) is 16.7 Å². The summed E-state index contributed by atoms with van der Waals surface area (Å²) in [5, 5.41) is 5.27. The van der Waals surface area contributed by atoms with Crippen LogP contribution in [0.25, 0.3) is 0 Å². The molecule has 5 heteroatoms. The standard InChI is InChI=1S/C21H16ClN3O/c1-26-17-10-7-14(8-11-17)20-18-13-16(22)9-12-19(18)23-21(25-24-20)15-5-3-2-4-6-15/h2-13H,1H3,(H,23,25). The minimum Gasteiger partial charge on any atom is -0.497 e. The van der Waals surface area contributed by atoms with Gasteiger partial charge in [0.1, 0.15) is 11.5 Å². The molecule has 0 aliphatic carbocycles. The van der Waals surface area contributed by atoms with Gasteiger partial charge in [-0.1, -0.05) is 41.9 Å². The van der Waals surface area contributed by atoms with Crippen LogP contribution in [0.4, 0.5) is 5.69 Å². The summed E-state index contributed by atoms with van der Waals surface area (Å²) in [6.07, 6.45) is 0. The largest absolute Gasteiger partial charge is 0.497 e. The molecule has 0 amide bonds. The Labute approximate surface area is 156 Å². The maximum atomic E-state index is 6.24. The Hall–Kier alpha value is -3.11. The lowest BCUT2D eigenvalue weighted by molar-refractivity contribution is 0.415. The Morgan fingerprint density at radius 1 is 0.885 bits per heavy atom. The average molecular weight is 362 g/mol. The van der Waals surface area contributed by atoms with Crippen LogP contribution in [-0.4, -0.2) is 18.7 Å². The molecule has 0 spiro atoms. The number of rotatable bonds is 3. The minimum atomic E-state index is 0.642. The van der Waals surface area contributed by atoms with E-state index in [0.29, 0.717) is 10.9 Å². The van der Waals surface area contributed by atoms with Crippen LogP contribution in [0.3, 0.4) is 0 Å². The van der Waals surface area contributed by atoms with E-state index in [4.69, 9.17) is 21.3 Å². The van der Waals surface area contributed by atoms with E-state index < -0.39 is 0 Å². The van der Waals surface area contributed by atoms with Crippen LogP contribution in [0.2, 0.25) is 5.02 Å². The number of aliphatic imine (C=N–C) groups is 1. The lowest BCUT2D eigenvalue weighted by atomic mass is 10.0. The highest BCUT2D eigenvalue weighted by atomic mass is 35.5. The number of fused-ring (bicyclic) bond motifs is 1. The van der Waals surface area contributed by atoms with Crippen molar-refractivity contribution in [1.29, 1.82) is 0 Å². The summed E-state index contributed by atoms with van der Waals surface area (Å²) < 4.78 is 5.25. The maximum Gasteiger partial charge on any atom is 0.154 e. The van der Waals surface area contributed by atoms with Crippen molar-refractivity contribution < 1.29 is 4.74 Å². The van der Waals surface area contributed by atoms with Gasteiger partial charge in [-0.15, -0.1) is 0 Å². The first-order valence-electron chi connectivity index (χ1n) is 8.17. The van der Waals surface area contributed by atoms with Crippen molar-refractivity contribution in [2.75, 3.05) is 7.11 Å². The van der Waals surface area contributed by atoms with Crippen LogP contribution >= 0.6 is 11.6 Å². The number of hydrogen-bond donors (Lipinski definition) is 1. The lowest BCUT2D eigenvalue weighted by Crippen LogP contribution is -2.19. The van der Waals surface area contributed by atoms with Gasteiger partial charge in [0, 0.05) is 21.7 Å². The highest BCUT2D eigenvalue weighted by Gasteiger charge is 2.17. The van der Waals surface area contributed by atoms with Gasteiger partial charge < -0.3 is 4.74 Å². The van der Waals surface area contributed by atoms with E-state index in [2.05, 4.69) is 10.5 Å². The normalized spacial score (nSPS) is 13.0. The zero-order valence-electron chi connectivity index (χ0n) is 14.1. The molecule has 3 aromatic carbocycles. The summed E-state index contributed by atoms with van der Waals surface area (Å²) in [6, 6.07) is 23.3. The first kappa shape index (κ1) is 16.4. The second-order valence-corrected chi connectivity index (χ2v) is 6.23. The number of hydrazone groups is 1. The van der Waals surface area contributed by atoms with Crippen molar-refractivity contribution in [3.05, 3.63) is 94.5 Å². The molecule has 1 N–H and O–H groups in total. The number of ether oxygens (including phenoxy) is 1. The Bertz CT molecular complexity index is 996. The molecule has 1 heterocycles. The molecule has 0 fully saturated rings. The molecule has 0 saturated heterocycles. The van der Waals surface area contributed by atoms with Crippen LogP contribution in [-0.2, 0) is 0 Å². The fraction of sp³-hybridized carbons (Fsp3) is 0.0476. The fourth-order valence-corrected chi connectivity index (χ4v) is 2.98. The minimum absolute atomic E-state index is 0.642. The predicted octanol–water partition coefficient (Wildman–Crippen LogP) is 4.78. The van der Waals surface area contributed by atoms with Gasteiger partial charge >= 0.3 is 0 Å². The van der Waals surface area contributed by atoms with Crippen LogP contribution in [0.15, 0.2) is 82.9 Å². The first-order chi connectivity index (χ1) is 12.7. The van der Waals surface area contributed by atoms with Crippen LogP contribution < -0.4 is 10.2 Å². The Morgan fingerprint density at radius 3 is 2.38 bits per heavy atom. The zero-order chi connectivity index (χ0) is 17.9. The highest BCUT2D eigenvalue weighted by molar-refractivity contribution is 6.31. The van der Waals surface area contributed by atoms with Gasteiger partial charge in [0.25, 0.3) is 0 Å². The molecule has 128 valence electrons. The molecule has 4 nitrogen and oxygen atoms in total. The van der Waals surface area contributed by atoms with Gasteiger partial charge in [0.15, 0.2) is 5.84 Å². The monoisotopic (exact) mass is 361 g/mol. The quantitative estimate of drug-likeness (QED) is 0.729. The lowest BCUT2D eigenvalue weighted by Gasteiger charge is -2.09. The SMILES string of the molecule is COc1ccc(C2=NNC(c3ccccc3)=Nc3ccc(Cl)cc32)cc1. The third-order valence-electron chi connectivity index (χ3n) is 4.13. The average Bonchev–Trinajstić information content (AvgIpc) is 2.88. The van der Waals surface area contributed by atoms with Gasteiger partial charge in [-0.3, -0.25) is 5.43 Å². The molecule has 0 unspecified atom stereocenters. The number of benzene rings is 3. The van der Waals surface area contributed by atoms with E-state index in [1.807, 2.05) is 72.8 Å². The van der Waals surface area contributed by atoms with E-state index in [0.717, 1.165) is 33.8 Å². The maximum absolute atomic E-state index is 6.24. The zero-order valence-corrected chi connectivity index (χ0v) is 14.9. The molecule has 0 atom stereocenters. The van der Waals surface area contributed by atoms with E-state index in [1.165, 1.54) is 0 Å². The predicted molar refractivity (Wildman–Crippen MR) is 106 cm³/mol. The number of hydrogen-bond acceptors (Lipinski definition) is 4. The Morgan fingerprint density at radius 2 is 1.65 bits per heavy atom. The molecule has 0 radical (unpaired) electrons. The molecular formula is C21H16ClN3O. The van der Waals surface area contributed by atoms with Crippen molar-refractivity contribution in [2.24, 2.45) is 10.1 Å². The summed E-state index contributed by atoms with van der Waals surface area (Å²) in [5.41, 5.74) is 7.49. The number of methoxy groups -OCH3 is 1. The van der Waals surface area contributed by atoms with Crippen molar-refractivity contribution in [3.63, 3.8) is 0 Å². The summed E-state index contributed by atoms with van der Waals surface area (Å²) in [7, 11) is 1.65. The van der Waals surface area contributed by atoms with E-state index in [1.54, 1.807) is 7.11 Å². The summed E-state index contributed by atoms with van der Waals surface area (Å²) in [6.45, 7) is 0. The molecule has 0 saturated carbocycles. The Balaban J connectivity index is 1.84. The third kappa shape index (κ3) is 3.19. The van der Waals surface area contributed by atoms with Crippen LogP contribution in [0, 0.1) is 0 Å². The molecule has 0 bridgehead atoms. The summed E-state index contributed by atoms with van der Waals surface area (Å²) in [4.78, 5) is 4.77. The van der Waals surface area contributed by atoms with Gasteiger partial charge in [-0.25, -0.2) is 4.99 Å². The molecule has 3 aromatic rings. The highest BCUT2D eigenvalue weighted by Crippen LogP contribution is 2.29. The molecule has 1 aliphatic heterocycles. The van der Waals surface area contributed by atoms with E-state index in [-0.39, 0.29) is 0 Å². The van der Waals surface area contributed by atoms with Gasteiger partial charge in [0.2, 0.25) is 0 Å². The smallest absolute Gasteiger partial charge is 0.154 e. The molecule has 4 rings (SSSR count). The van der Waals surface area contributed by atoms with Crippen LogP contribution in [0.5, 0.6) is 5.75 Å². The van der Waals surface area contributed by atoms with Crippen molar-refractivity contribution in [1.82, 2.24) is 5.43 Å². The summed E-state index contributed by atoms with van der Waals surface area (Å²) >= 11 is 6.24. The number of amidine groups is 1. The molecule has 1 aliphatic rings. The fourth-order valence-electron chi connectivity index (χ4n) is 2.80. The van der Waals surface area contributed by atoms with E-state index in [9.17, 15) is 0 Å². The van der Waals surface area contributed by atoms with Gasteiger partial charge in [0.05, 0.1) is 12.8 Å². The first-order valence-corrected chi connectivity index (χ1v) is 8.54. The van der Waals surface area contributed by atoms with Crippen molar-refractivity contribution >= 4 is 28.8 Å².